The van der Waals surface area contributed by atoms with E-state index in [-0.39, 0.29) is 35.5 Å². The van der Waals surface area contributed by atoms with E-state index in [9.17, 15) is 9.18 Å². The van der Waals surface area contributed by atoms with Crippen LogP contribution in [-0.2, 0) is 9.53 Å². The zero-order chi connectivity index (χ0) is 18.0. The van der Waals surface area contributed by atoms with Crippen LogP contribution in [0.3, 0.4) is 0 Å². The average molecular weight is 356 g/mol. The number of nitrogens with zero attached hydrogens (tertiary/aromatic N) is 1. The fourth-order valence-electron chi connectivity index (χ4n) is 2.93. The summed E-state index contributed by atoms with van der Waals surface area (Å²) >= 11 is 1.10. The number of aliphatic imine (C=N–C) groups is 1. The van der Waals surface area contributed by atoms with E-state index < -0.39 is 17.0 Å². The highest BCUT2D eigenvalue weighted by atomic mass is 32.2. The maximum Gasteiger partial charge on any atom is 0.175 e. The first-order valence-corrected chi connectivity index (χ1v) is 8.67. The number of ether oxygens (including phenoxy) is 1. The van der Waals surface area contributed by atoms with Crippen molar-refractivity contribution in [2.75, 3.05) is 19.0 Å². The van der Waals surface area contributed by atoms with Crippen molar-refractivity contribution in [3.63, 3.8) is 0 Å². The summed E-state index contributed by atoms with van der Waals surface area (Å²) < 4.78 is 35.1. The molecule has 0 aromatic carbocycles. The number of allylic oxidation sites excluding steroid dienone is 3. The lowest BCUT2D eigenvalue weighted by Crippen LogP contribution is -2.55. The Morgan fingerprint density at radius 3 is 2.75 bits per heavy atom. The Hall–Kier alpha value is -1.47. The molecule has 0 amide bonds. The van der Waals surface area contributed by atoms with E-state index in [4.69, 9.17) is 10.5 Å². The number of rotatable bonds is 6. The molecule has 0 aliphatic carbocycles. The second-order valence-corrected chi connectivity index (χ2v) is 7.13. The van der Waals surface area contributed by atoms with Crippen LogP contribution in [0, 0.1) is 0 Å². The van der Waals surface area contributed by atoms with Crippen molar-refractivity contribution in [1.29, 1.82) is 0 Å². The zero-order valence-electron chi connectivity index (χ0n) is 13.9. The third-order valence-corrected chi connectivity index (χ3v) is 5.30. The fraction of sp³-hybridized carbons (Fsp3) is 0.529. The summed E-state index contributed by atoms with van der Waals surface area (Å²) in [6, 6.07) is 0. The lowest BCUT2D eigenvalue weighted by molar-refractivity contribution is -0.116. The van der Waals surface area contributed by atoms with E-state index in [1.165, 1.54) is 19.9 Å². The van der Waals surface area contributed by atoms with E-state index in [2.05, 4.69) is 11.6 Å². The van der Waals surface area contributed by atoms with Gasteiger partial charge in [-0.05, 0) is 25.8 Å². The highest BCUT2D eigenvalue weighted by Crippen LogP contribution is 2.48. The smallest absolute Gasteiger partial charge is 0.175 e. The molecule has 1 saturated heterocycles. The molecule has 2 heterocycles. The number of fused-ring (bicyclic) bond motifs is 1. The Kier molecular flexibility index (Phi) is 5.65. The predicted molar refractivity (Wildman–Crippen MR) is 93.5 cm³/mol. The zero-order valence-corrected chi connectivity index (χ0v) is 14.7. The van der Waals surface area contributed by atoms with Crippen molar-refractivity contribution >= 4 is 22.7 Å². The fourth-order valence-corrected chi connectivity index (χ4v) is 3.85. The highest BCUT2D eigenvalue weighted by molar-refractivity contribution is 8.13. The second-order valence-electron chi connectivity index (χ2n) is 6.13. The third-order valence-electron chi connectivity index (χ3n) is 4.31. The van der Waals surface area contributed by atoms with Crippen LogP contribution in [0.5, 0.6) is 0 Å². The maximum absolute atomic E-state index is 15.4. The number of Topliss-reactive ketones (excluding diaryl/α,β-unsaturated/α-hetero) is 1. The second kappa shape index (κ2) is 7.19. The molecule has 0 bridgehead atoms. The first-order chi connectivity index (χ1) is 11.2. The third kappa shape index (κ3) is 3.47. The van der Waals surface area contributed by atoms with Gasteiger partial charge in [0.15, 0.2) is 16.4 Å². The van der Waals surface area contributed by atoms with E-state index in [1.54, 1.807) is 6.08 Å². The van der Waals surface area contributed by atoms with Gasteiger partial charge in [0.2, 0.25) is 0 Å². The molecule has 0 spiro atoms. The number of alkyl halides is 1. The molecular weight excluding hydrogens is 334 g/mol. The molecular formula is C17H22F2N2O2S. The van der Waals surface area contributed by atoms with Gasteiger partial charge in [-0.3, -0.25) is 0 Å². The number of ketones is 1. The summed E-state index contributed by atoms with van der Waals surface area (Å²) in [4.78, 5) is 15.5. The van der Waals surface area contributed by atoms with Crippen LogP contribution >= 0.6 is 11.8 Å². The standard InChI is InChI=1S/C17H22F2N2O2S/c1-4-13(6-5-11(2)22)7-14(12(3)18)17-9-23-8-16(17,19)10-24-15(20)21-17/h4,7H,1,5-6,8-10H2,2-3H3,(H2,20,21). The van der Waals surface area contributed by atoms with Crippen molar-refractivity contribution in [1.82, 2.24) is 0 Å². The average Bonchev–Trinajstić information content (AvgIpc) is 2.84. The molecule has 2 rings (SSSR count). The monoisotopic (exact) mass is 356 g/mol. The number of hydrogen-bond acceptors (Lipinski definition) is 5. The number of amidine groups is 1. The van der Waals surface area contributed by atoms with Gasteiger partial charge in [-0.2, -0.15) is 0 Å². The summed E-state index contributed by atoms with van der Waals surface area (Å²) in [6.07, 6.45) is 3.78. The molecule has 2 unspecified atom stereocenters. The van der Waals surface area contributed by atoms with Gasteiger partial charge in [0, 0.05) is 17.7 Å². The molecule has 2 atom stereocenters. The number of thioether (sulfide) groups is 1. The summed E-state index contributed by atoms with van der Waals surface area (Å²) in [5.41, 5.74) is 3.22. The molecule has 0 aromatic rings. The first kappa shape index (κ1) is 18.9. The summed E-state index contributed by atoms with van der Waals surface area (Å²) in [7, 11) is 0. The molecule has 132 valence electrons. The summed E-state index contributed by atoms with van der Waals surface area (Å²) in [5.74, 6) is -0.471. The minimum atomic E-state index is -1.83. The van der Waals surface area contributed by atoms with Gasteiger partial charge >= 0.3 is 0 Å². The van der Waals surface area contributed by atoms with Gasteiger partial charge in [0.05, 0.1) is 13.2 Å². The maximum atomic E-state index is 15.4. The predicted octanol–water partition coefficient (Wildman–Crippen LogP) is 3.25. The lowest BCUT2D eigenvalue weighted by atomic mass is 9.77. The molecule has 0 aromatic heterocycles. The van der Waals surface area contributed by atoms with Gasteiger partial charge in [-0.1, -0.05) is 30.5 Å². The van der Waals surface area contributed by atoms with Crippen LogP contribution in [0.1, 0.15) is 26.7 Å². The number of carbonyl (C=O) groups is 1. The van der Waals surface area contributed by atoms with Crippen LogP contribution < -0.4 is 5.73 Å². The molecule has 1 fully saturated rings. The van der Waals surface area contributed by atoms with E-state index in [0.29, 0.717) is 18.4 Å². The molecule has 7 heteroatoms. The highest BCUT2D eigenvalue weighted by Gasteiger charge is 2.61. The Balaban J connectivity index is 2.50. The number of nitrogens with two attached hydrogens (primary N) is 1. The Bertz CT molecular complexity index is 641. The number of hydrogen-bond donors (Lipinski definition) is 1. The van der Waals surface area contributed by atoms with Gasteiger partial charge < -0.3 is 15.3 Å². The summed E-state index contributed by atoms with van der Waals surface area (Å²) in [5, 5.41) is 0.213. The van der Waals surface area contributed by atoms with Crippen LogP contribution in [0.2, 0.25) is 0 Å². The minimum Gasteiger partial charge on any atom is -0.379 e. The number of carbonyl (C=O) groups excluding carboxylic acids is 1. The van der Waals surface area contributed by atoms with Gasteiger partial charge in [-0.15, -0.1) is 0 Å². The molecule has 0 saturated carbocycles. The van der Waals surface area contributed by atoms with Gasteiger partial charge in [-0.25, -0.2) is 13.8 Å². The van der Waals surface area contributed by atoms with Crippen LogP contribution in [0.4, 0.5) is 8.78 Å². The Morgan fingerprint density at radius 2 is 2.17 bits per heavy atom. The Morgan fingerprint density at radius 1 is 1.46 bits per heavy atom. The summed E-state index contributed by atoms with van der Waals surface area (Å²) in [6.45, 7) is 6.21. The normalized spacial score (nSPS) is 31.2. The molecule has 2 aliphatic rings. The Labute approximate surface area is 144 Å². The van der Waals surface area contributed by atoms with Gasteiger partial charge in [0.25, 0.3) is 0 Å². The van der Waals surface area contributed by atoms with Gasteiger partial charge in [0.1, 0.15) is 11.6 Å². The van der Waals surface area contributed by atoms with E-state index >= 15 is 4.39 Å². The molecule has 0 radical (unpaired) electrons. The SMILES string of the molecule is C=CC(=CC(=C(C)F)C12COCC1(F)CSC(N)=N2)CCC(C)=O. The van der Waals surface area contributed by atoms with Crippen molar-refractivity contribution < 1.29 is 18.3 Å². The topological polar surface area (TPSA) is 64.7 Å². The van der Waals surface area contributed by atoms with Crippen LogP contribution in [0.15, 0.2) is 40.7 Å². The van der Waals surface area contributed by atoms with Crippen molar-refractivity contribution in [3.05, 3.63) is 35.7 Å². The van der Waals surface area contributed by atoms with Crippen LogP contribution in [0.25, 0.3) is 0 Å². The first-order valence-electron chi connectivity index (χ1n) is 7.68. The lowest BCUT2D eigenvalue weighted by Gasteiger charge is -2.39. The number of halogens is 2. The van der Waals surface area contributed by atoms with Crippen molar-refractivity contribution in [2.24, 2.45) is 10.7 Å². The molecule has 2 aliphatic heterocycles. The molecule has 24 heavy (non-hydrogen) atoms. The van der Waals surface area contributed by atoms with Crippen molar-refractivity contribution in [2.45, 2.75) is 37.9 Å². The minimum absolute atomic E-state index is 0.0174. The van der Waals surface area contributed by atoms with Crippen molar-refractivity contribution in [3.8, 4) is 0 Å². The largest absolute Gasteiger partial charge is 0.379 e. The molecule has 2 N–H and O–H groups in total. The van der Waals surface area contributed by atoms with E-state index in [1.807, 2.05) is 0 Å². The quantitative estimate of drug-likeness (QED) is 0.742. The molecule has 4 nitrogen and oxygen atoms in total. The van der Waals surface area contributed by atoms with Crippen LogP contribution in [-0.4, -0.2) is 41.1 Å². The van der Waals surface area contributed by atoms with E-state index in [0.717, 1.165) is 11.8 Å².